The Balaban J connectivity index is 1.29. The van der Waals surface area contributed by atoms with E-state index in [4.69, 9.17) is 4.74 Å². The van der Waals surface area contributed by atoms with Gasteiger partial charge in [0.05, 0.1) is 0 Å². The number of likely N-dealkylation sites (tertiary alicyclic amines) is 1. The number of fused-ring (bicyclic) bond motifs is 7. The molecule has 2 aliphatic heterocycles. The molecule has 0 radical (unpaired) electrons. The number of hydrogen-bond acceptors (Lipinski definition) is 4. The van der Waals surface area contributed by atoms with Crippen molar-refractivity contribution in [3.63, 3.8) is 0 Å². The molecule has 3 atom stereocenters. The first-order chi connectivity index (χ1) is 14.3. The Hall–Kier alpha value is -3.41. The van der Waals surface area contributed by atoms with Gasteiger partial charge in [-0.1, -0.05) is 42.5 Å². The van der Waals surface area contributed by atoms with Crippen LogP contribution in [-0.4, -0.2) is 34.2 Å². The first kappa shape index (κ1) is 16.5. The van der Waals surface area contributed by atoms with Crippen molar-refractivity contribution < 1.29 is 9.53 Å². The molecule has 3 unspecified atom stereocenters. The third-order valence-electron chi connectivity index (χ3n) is 6.50. The summed E-state index contributed by atoms with van der Waals surface area (Å²) >= 11 is 0. The minimum atomic E-state index is -0.327. The number of urea groups is 1. The number of nitrogens with zero attached hydrogens (tertiary/aromatic N) is 3. The zero-order valence-electron chi connectivity index (χ0n) is 15.8. The molecule has 6 nitrogen and oxygen atoms in total. The molecule has 1 spiro atoms. The lowest BCUT2D eigenvalue weighted by Gasteiger charge is -2.30. The van der Waals surface area contributed by atoms with E-state index in [1.165, 1.54) is 11.1 Å². The molecule has 3 aliphatic rings. The van der Waals surface area contributed by atoms with Gasteiger partial charge in [0.25, 0.3) is 0 Å². The molecular formula is C23H20N4O2. The van der Waals surface area contributed by atoms with E-state index in [-0.39, 0.29) is 11.6 Å². The smallest absolute Gasteiger partial charge is 0.323 e. The minimum Gasteiger partial charge on any atom is -0.481 e. The molecule has 0 bridgehead atoms. The summed E-state index contributed by atoms with van der Waals surface area (Å²) in [6, 6.07) is 20.2. The molecule has 1 N–H and O–H groups in total. The summed E-state index contributed by atoms with van der Waals surface area (Å²) in [6.07, 6.45) is 2.51. The summed E-state index contributed by atoms with van der Waals surface area (Å²) in [7, 11) is 0. The SMILES string of the molecule is O=C(Nc1cccnn1)N1CCC2C(C1)C21Oc2ccccc2-c2ccccc21. The van der Waals surface area contributed by atoms with Crippen LogP contribution in [0.1, 0.15) is 12.0 Å². The number of carbonyl (C=O) groups excluding carboxylic acids is 1. The van der Waals surface area contributed by atoms with Crippen LogP contribution in [0.15, 0.2) is 66.9 Å². The lowest BCUT2D eigenvalue weighted by molar-refractivity contribution is 0.144. The second-order valence-electron chi connectivity index (χ2n) is 7.92. The number of rotatable bonds is 1. The Kier molecular flexibility index (Phi) is 3.45. The maximum absolute atomic E-state index is 12.8. The van der Waals surface area contributed by atoms with Gasteiger partial charge in [0.2, 0.25) is 0 Å². The van der Waals surface area contributed by atoms with Gasteiger partial charge in [0.15, 0.2) is 5.82 Å². The van der Waals surface area contributed by atoms with Crippen LogP contribution >= 0.6 is 0 Å². The van der Waals surface area contributed by atoms with Crippen LogP contribution in [-0.2, 0) is 5.60 Å². The van der Waals surface area contributed by atoms with E-state index in [2.05, 4.69) is 58.0 Å². The Morgan fingerprint density at radius 1 is 1.03 bits per heavy atom. The van der Waals surface area contributed by atoms with E-state index in [1.54, 1.807) is 18.3 Å². The van der Waals surface area contributed by atoms with Gasteiger partial charge in [-0.3, -0.25) is 5.32 Å². The Bertz CT molecular complexity index is 1100. The standard InChI is InChI=1S/C23H20N4O2/c28-22(25-21-10-5-12-24-26-21)27-13-11-18-19(14-27)23(18)17-8-3-1-6-15(17)16-7-2-4-9-20(16)29-23/h1-10,12,18-19H,11,13-14H2,(H,25,26,28). The number of anilines is 1. The molecule has 1 saturated carbocycles. The van der Waals surface area contributed by atoms with Crippen molar-refractivity contribution in [3.05, 3.63) is 72.4 Å². The number of benzene rings is 2. The van der Waals surface area contributed by atoms with Crippen molar-refractivity contribution in [2.24, 2.45) is 11.8 Å². The Labute approximate surface area is 168 Å². The highest BCUT2D eigenvalue weighted by atomic mass is 16.5. The van der Waals surface area contributed by atoms with Gasteiger partial charge in [0.1, 0.15) is 11.4 Å². The second kappa shape index (κ2) is 6.04. The zero-order chi connectivity index (χ0) is 19.4. The first-order valence-corrected chi connectivity index (χ1v) is 9.99. The second-order valence-corrected chi connectivity index (χ2v) is 7.92. The van der Waals surface area contributed by atoms with Crippen LogP contribution in [0.5, 0.6) is 5.75 Å². The highest BCUT2D eigenvalue weighted by Gasteiger charge is 2.71. The summed E-state index contributed by atoms with van der Waals surface area (Å²) in [4.78, 5) is 14.6. The van der Waals surface area contributed by atoms with Crippen LogP contribution in [0.4, 0.5) is 10.6 Å². The fourth-order valence-electron chi connectivity index (χ4n) is 5.18. The predicted octanol–water partition coefficient (Wildman–Crippen LogP) is 3.92. The van der Waals surface area contributed by atoms with Crippen LogP contribution in [0.3, 0.4) is 0 Å². The van der Waals surface area contributed by atoms with Crippen LogP contribution < -0.4 is 10.1 Å². The average molecular weight is 384 g/mol. The minimum absolute atomic E-state index is 0.129. The Morgan fingerprint density at radius 3 is 2.72 bits per heavy atom. The summed E-state index contributed by atoms with van der Waals surface area (Å²) in [6.45, 7) is 1.38. The number of hydrogen-bond donors (Lipinski definition) is 1. The first-order valence-electron chi connectivity index (χ1n) is 9.99. The largest absolute Gasteiger partial charge is 0.481 e. The number of ether oxygens (including phenoxy) is 1. The molecular weight excluding hydrogens is 364 g/mol. The lowest BCUT2D eigenvalue weighted by Crippen LogP contribution is -2.40. The number of nitrogens with one attached hydrogen (secondary N) is 1. The zero-order valence-corrected chi connectivity index (χ0v) is 15.8. The van der Waals surface area contributed by atoms with Gasteiger partial charge in [-0.2, -0.15) is 5.10 Å². The van der Waals surface area contributed by atoms with E-state index < -0.39 is 0 Å². The maximum atomic E-state index is 12.8. The summed E-state index contributed by atoms with van der Waals surface area (Å²) in [5.74, 6) is 2.13. The summed E-state index contributed by atoms with van der Waals surface area (Å²) in [5, 5.41) is 10.6. The number of para-hydroxylation sites is 1. The third kappa shape index (κ3) is 2.38. The van der Waals surface area contributed by atoms with Gasteiger partial charge in [-0.25, -0.2) is 4.79 Å². The van der Waals surface area contributed by atoms with Crippen LogP contribution in [0, 0.1) is 11.8 Å². The van der Waals surface area contributed by atoms with E-state index in [1.807, 2.05) is 11.0 Å². The van der Waals surface area contributed by atoms with Gasteiger partial charge < -0.3 is 9.64 Å². The summed E-state index contributed by atoms with van der Waals surface area (Å²) < 4.78 is 6.67. The number of amides is 2. The molecule has 1 aromatic heterocycles. The normalized spacial score (nSPS) is 26.0. The molecule has 1 saturated heterocycles. The summed E-state index contributed by atoms with van der Waals surface area (Å²) in [5.41, 5.74) is 3.32. The number of carbonyl (C=O) groups is 1. The van der Waals surface area contributed by atoms with Gasteiger partial charge >= 0.3 is 6.03 Å². The average Bonchev–Trinajstić information content (AvgIpc) is 3.41. The van der Waals surface area contributed by atoms with Gasteiger partial charge in [-0.05, 0) is 30.2 Å². The monoisotopic (exact) mass is 384 g/mol. The quantitative estimate of drug-likeness (QED) is 0.691. The predicted molar refractivity (Wildman–Crippen MR) is 108 cm³/mol. The molecule has 29 heavy (non-hydrogen) atoms. The van der Waals surface area contributed by atoms with Crippen molar-refractivity contribution in [3.8, 4) is 16.9 Å². The molecule has 2 aromatic carbocycles. The third-order valence-corrected chi connectivity index (χ3v) is 6.50. The molecule has 3 aromatic rings. The highest BCUT2D eigenvalue weighted by Crippen LogP contribution is 2.67. The fourth-order valence-corrected chi connectivity index (χ4v) is 5.18. The lowest BCUT2D eigenvalue weighted by atomic mass is 9.89. The molecule has 2 amide bonds. The van der Waals surface area contributed by atoms with Crippen LogP contribution in [0.25, 0.3) is 11.1 Å². The van der Waals surface area contributed by atoms with E-state index in [9.17, 15) is 4.79 Å². The van der Waals surface area contributed by atoms with E-state index in [0.29, 0.717) is 30.7 Å². The maximum Gasteiger partial charge on any atom is 0.323 e. The highest BCUT2D eigenvalue weighted by molar-refractivity contribution is 5.88. The molecule has 1 aliphatic carbocycles. The molecule has 2 fully saturated rings. The molecule has 6 rings (SSSR count). The van der Waals surface area contributed by atoms with Crippen molar-refractivity contribution >= 4 is 11.8 Å². The van der Waals surface area contributed by atoms with Gasteiger partial charge in [0, 0.05) is 42.2 Å². The van der Waals surface area contributed by atoms with E-state index >= 15 is 0 Å². The van der Waals surface area contributed by atoms with Crippen molar-refractivity contribution in [2.75, 3.05) is 18.4 Å². The van der Waals surface area contributed by atoms with Gasteiger partial charge in [-0.15, -0.1) is 5.10 Å². The Morgan fingerprint density at radius 2 is 1.86 bits per heavy atom. The molecule has 144 valence electrons. The topological polar surface area (TPSA) is 67.4 Å². The van der Waals surface area contributed by atoms with Crippen molar-refractivity contribution in [1.29, 1.82) is 0 Å². The number of piperidine rings is 1. The van der Waals surface area contributed by atoms with Crippen LogP contribution in [0.2, 0.25) is 0 Å². The number of aromatic nitrogens is 2. The molecule has 3 heterocycles. The van der Waals surface area contributed by atoms with Crippen molar-refractivity contribution in [2.45, 2.75) is 12.0 Å². The molecule has 6 heteroatoms. The van der Waals surface area contributed by atoms with Crippen molar-refractivity contribution in [1.82, 2.24) is 15.1 Å². The fraction of sp³-hybridized carbons (Fsp3) is 0.261. The van der Waals surface area contributed by atoms with E-state index in [0.717, 1.165) is 17.7 Å².